The molecule has 3 rings (SSSR count). The number of fused-ring (bicyclic) bond motifs is 1. The minimum Gasteiger partial charge on any atom is -0.326 e. The van der Waals surface area contributed by atoms with Crippen molar-refractivity contribution in [1.29, 1.82) is 0 Å². The summed E-state index contributed by atoms with van der Waals surface area (Å²) in [6.07, 6.45) is 0.401. The highest BCUT2D eigenvalue weighted by molar-refractivity contribution is 8.00. The molecule has 0 bridgehead atoms. The van der Waals surface area contributed by atoms with Gasteiger partial charge in [-0.3, -0.25) is 9.59 Å². The molecule has 0 unspecified atom stereocenters. The fourth-order valence-corrected chi connectivity index (χ4v) is 3.51. The Bertz CT molecular complexity index is 1040. The molecule has 1 heterocycles. The van der Waals surface area contributed by atoms with E-state index >= 15 is 0 Å². The summed E-state index contributed by atoms with van der Waals surface area (Å²) in [5.74, 6) is 0.993. The second-order valence-corrected chi connectivity index (χ2v) is 7.84. The molecular formula is C22H24N4O2S. The third-order valence-corrected chi connectivity index (χ3v) is 5.18. The number of thioether (sulfide) groups is 1. The Balaban J connectivity index is 1.70. The molecule has 0 spiro atoms. The lowest BCUT2D eigenvalue weighted by Crippen LogP contribution is -2.15. The molecule has 3 aromatic rings. The van der Waals surface area contributed by atoms with E-state index in [1.54, 1.807) is 31.2 Å². The number of benzene rings is 2. The topological polar surface area (TPSA) is 84.0 Å². The summed E-state index contributed by atoms with van der Waals surface area (Å²) >= 11 is 1.39. The van der Waals surface area contributed by atoms with Crippen molar-refractivity contribution in [2.75, 3.05) is 16.4 Å². The Hall–Kier alpha value is -2.93. The van der Waals surface area contributed by atoms with E-state index in [4.69, 9.17) is 0 Å². The summed E-state index contributed by atoms with van der Waals surface area (Å²) in [5, 5.41) is 7.41. The predicted octanol–water partition coefficient (Wildman–Crippen LogP) is 4.83. The molecule has 7 heteroatoms. The van der Waals surface area contributed by atoms with Gasteiger partial charge in [-0.05, 0) is 24.3 Å². The summed E-state index contributed by atoms with van der Waals surface area (Å²) in [4.78, 5) is 33.3. The molecule has 0 aliphatic rings. The smallest absolute Gasteiger partial charge is 0.234 e. The van der Waals surface area contributed by atoms with Crippen LogP contribution in [-0.4, -0.2) is 27.5 Å². The average molecular weight is 409 g/mol. The van der Waals surface area contributed by atoms with Crippen LogP contribution in [0.3, 0.4) is 0 Å². The van der Waals surface area contributed by atoms with Crippen molar-refractivity contribution in [3.05, 3.63) is 54.4 Å². The number of hydrogen-bond donors (Lipinski definition) is 2. The highest BCUT2D eigenvalue weighted by atomic mass is 32.2. The van der Waals surface area contributed by atoms with E-state index in [1.807, 2.05) is 24.3 Å². The standard InChI is InChI=1S/C22H24N4O2S/c1-4-19(27)23-15-8-7-9-16(12-15)24-20(28)13-29-22-17-10-5-6-11-18(17)25-21(26-22)14(2)3/h5-12,14H,4,13H2,1-3H3,(H,23,27)(H,24,28). The average Bonchev–Trinajstić information content (AvgIpc) is 2.71. The lowest BCUT2D eigenvalue weighted by atomic mass is 10.2. The van der Waals surface area contributed by atoms with E-state index in [0.717, 1.165) is 21.8 Å². The number of anilines is 2. The summed E-state index contributed by atoms with van der Waals surface area (Å²) < 4.78 is 0. The third kappa shape index (κ3) is 5.54. The molecule has 1 aromatic heterocycles. The van der Waals surface area contributed by atoms with E-state index in [1.165, 1.54) is 11.8 Å². The van der Waals surface area contributed by atoms with Crippen LogP contribution in [0.25, 0.3) is 10.9 Å². The van der Waals surface area contributed by atoms with E-state index in [0.29, 0.717) is 17.8 Å². The molecule has 0 atom stereocenters. The Kier molecular flexibility index (Phi) is 6.82. The molecule has 2 amide bonds. The zero-order chi connectivity index (χ0) is 20.8. The molecule has 0 fully saturated rings. The van der Waals surface area contributed by atoms with Gasteiger partial charge in [-0.25, -0.2) is 9.97 Å². The highest BCUT2D eigenvalue weighted by Crippen LogP contribution is 2.27. The number of amides is 2. The maximum absolute atomic E-state index is 12.5. The molecular weight excluding hydrogens is 384 g/mol. The second kappa shape index (κ2) is 9.52. The SMILES string of the molecule is CCC(=O)Nc1cccc(NC(=O)CSc2nc(C(C)C)nc3ccccc23)c1. The Morgan fingerprint density at radius 3 is 2.34 bits per heavy atom. The highest BCUT2D eigenvalue weighted by Gasteiger charge is 2.12. The van der Waals surface area contributed by atoms with Crippen molar-refractivity contribution >= 4 is 45.9 Å². The molecule has 0 aliphatic carbocycles. The molecule has 2 aromatic carbocycles. The van der Waals surface area contributed by atoms with Gasteiger partial charge in [-0.15, -0.1) is 0 Å². The van der Waals surface area contributed by atoms with Crippen LogP contribution < -0.4 is 10.6 Å². The largest absolute Gasteiger partial charge is 0.326 e. The van der Waals surface area contributed by atoms with Gasteiger partial charge >= 0.3 is 0 Å². The third-order valence-electron chi connectivity index (χ3n) is 4.19. The number of nitrogens with one attached hydrogen (secondary N) is 2. The molecule has 0 saturated carbocycles. The first kappa shape index (κ1) is 20.8. The van der Waals surface area contributed by atoms with Crippen LogP contribution in [0.4, 0.5) is 11.4 Å². The normalized spacial score (nSPS) is 10.9. The van der Waals surface area contributed by atoms with Crippen LogP contribution in [0.15, 0.2) is 53.6 Å². The number of carbonyl (C=O) groups excluding carboxylic acids is 2. The van der Waals surface area contributed by atoms with E-state index in [-0.39, 0.29) is 23.5 Å². The number of nitrogens with zero attached hydrogens (tertiary/aromatic N) is 2. The van der Waals surface area contributed by atoms with Crippen LogP contribution in [0.2, 0.25) is 0 Å². The van der Waals surface area contributed by atoms with Crippen molar-refractivity contribution in [2.24, 2.45) is 0 Å². The molecule has 2 N–H and O–H groups in total. The van der Waals surface area contributed by atoms with Gasteiger partial charge in [0.25, 0.3) is 0 Å². The van der Waals surface area contributed by atoms with Gasteiger partial charge in [-0.1, -0.05) is 56.8 Å². The Labute approximate surface area is 174 Å². The maximum Gasteiger partial charge on any atom is 0.234 e. The van der Waals surface area contributed by atoms with Gasteiger partial charge in [-0.2, -0.15) is 0 Å². The molecule has 0 aliphatic heterocycles. The number of rotatable bonds is 7. The van der Waals surface area contributed by atoms with Gasteiger partial charge in [0.2, 0.25) is 11.8 Å². The fourth-order valence-electron chi connectivity index (χ4n) is 2.69. The van der Waals surface area contributed by atoms with Gasteiger partial charge in [0, 0.05) is 29.1 Å². The van der Waals surface area contributed by atoms with Crippen LogP contribution in [0, 0.1) is 0 Å². The van der Waals surface area contributed by atoms with Crippen molar-refractivity contribution in [3.8, 4) is 0 Å². The molecule has 0 radical (unpaired) electrons. The van der Waals surface area contributed by atoms with Gasteiger partial charge in [0.05, 0.1) is 11.3 Å². The molecule has 150 valence electrons. The van der Waals surface area contributed by atoms with Gasteiger partial charge < -0.3 is 10.6 Å². The van der Waals surface area contributed by atoms with Gasteiger partial charge in [0.15, 0.2) is 0 Å². The Morgan fingerprint density at radius 1 is 0.966 bits per heavy atom. The van der Waals surface area contributed by atoms with E-state index in [2.05, 4.69) is 34.4 Å². The minimum atomic E-state index is -0.136. The predicted molar refractivity (Wildman–Crippen MR) is 118 cm³/mol. The van der Waals surface area contributed by atoms with E-state index < -0.39 is 0 Å². The van der Waals surface area contributed by atoms with Crippen LogP contribution in [0.5, 0.6) is 0 Å². The van der Waals surface area contributed by atoms with Crippen LogP contribution in [-0.2, 0) is 9.59 Å². The number of aromatic nitrogens is 2. The summed E-state index contributed by atoms with van der Waals surface area (Å²) in [6.45, 7) is 5.89. The van der Waals surface area contributed by atoms with Crippen molar-refractivity contribution < 1.29 is 9.59 Å². The molecule has 6 nitrogen and oxygen atoms in total. The molecule has 29 heavy (non-hydrogen) atoms. The Morgan fingerprint density at radius 2 is 1.66 bits per heavy atom. The zero-order valence-electron chi connectivity index (χ0n) is 16.7. The van der Waals surface area contributed by atoms with Crippen molar-refractivity contribution in [2.45, 2.75) is 38.1 Å². The number of carbonyl (C=O) groups is 2. The fraction of sp³-hybridized carbons (Fsp3) is 0.273. The van der Waals surface area contributed by atoms with E-state index in [9.17, 15) is 9.59 Å². The zero-order valence-corrected chi connectivity index (χ0v) is 17.5. The quantitative estimate of drug-likeness (QED) is 0.432. The molecule has 0 saturated heterocycles. The summed E-state index contributed by atoms with van der Waals surface area (Å²) in [5.41, 5.74) is 2.18. The summed E-state index contributed by atoms with van der Waals surface area (Å²) in [6, 6.07) is 14.9. The minimum absolute atomic E-state index is 0.0689. The van der Waals surface area contributed by atoms with Crippen molar-refractivity contribution in [1.82, 2.24) is 9.97 Å². The first-order chi connectivity index (χ1) is 14.0. The first-order valence-corrected chi connectivity index (χ1v) is 10.5. The first-order valence-electron chi connectivity index (χ1n) is 9.55. The second-order valence-electron chi connectivity index (χ2n) is 6.88. The lowest BCUT2D eigenvalue weighted by Gasteiger charge is -2.11. The number of hydrogen-bond acceptors (Lipinski definition) is 5. The van der Waals surface area contributed by atoms with Crippen LogP contribution in [0.1, 0.15) is 38.9 Å². The van der Waals surface area contributed by atoms with Crippen LogP contribution >= 0.6 is 11.8 Å². The summed E-state index contributed by atoms with van der Waals surface area (Å²) in [7, 11) is 0. The monoisotopic (exact) mass is 408 g/mol. The number of para-hydroxylation sites is 1. The lowest BCUT2D eigenvalue weighted by molar-refractivity contribution is -0.116. The van der Waals surface area contributed by atoms with Crippen molar-refractivity contribution in [3.63, 3.8) is 0 Å². The maximum atomic E-state index is 12.5. The van der Waals surface area contributed by atoms with Gasteiger partial charge in [0.1, 0.15) is 10.9 Å².